The zero-order valence-electron chi connectivity index (χ0n) is 7.84. The van der Waals surface area contributed by atoms with Gasteiger partial charge >= 0.3 is 0 Å². The van der Waals surface area contributed by atoms with Gasteiger partial charge in [-0.3, -0.25) is 10.1 Å². The van der Waals surface area contributed by atoms with E-state index in [1.165, 1.54) is 0 Å². The zero-order chi connectivity index (χ0) is 11.6. The molecule has 1 rings (SSSR count). The van der Waals surface area contributed by atoms with Gasteiger partial charge in [-0.1, -0.05) is 0 Å². The standard InChI is InChI=1S/C9H8BrClFNO2/c1-5(11)2-6-3-8(12)7(10)4-9(6)13(14)15/h3-5H,2H2,1H3. The molecule has 0 aliphatic rings. The fraction of sp³-hybridized carbons (Fsp3) is 0.333. The first-order chi connectivity index (χ1) is 6.91. The summed E-state index contributed by atoms with van der Waals surface area (Å²) in [6, 6.07) is 2.30. The molecule has 0 bridgehead atoms. The number of halogens is 3. The number of nitro benzene ring substituents is 1. The first kappa shape index (κ1) is 12.4. The molecule has 0 heterocycles. The maximum absolute atomic E-state index is 13.2. The van der Waals surface area contributed by atoms with Crippen molar-refractivity contribution in [2.45, 2.75) is 18.7 Å². The average molecular weight is 297 g/mol. The van der Waals surface area contributed by atoms with Crippen molar-refractivity contribution in [3.05, 3.63) is 38.1 Å². The van der Waals surface area contributed by atoms with Crippen LogP contribution in [0.4, 0.5) is 10.1 Å². The molecule has 0 N–H and O–H groups in total. The number of hydrogen-bond donors (Lipinski definition) is 0. The van der Waals surface area contributed by atoms with Crippen LogP contribution in [0.2, 0.25) is 0 Å². The Kier molecular flexibility index (Phi) is 4.04. The fourth-order valence-corrected chi connectivity index (χ4v) is 1.71. The van der Waals surface area contributed by atoms with Crippen molar-refractivity contribution in [3.63, 3.8) is 0 Å². The second-order valence-corrected chi connectivity index (χ2v) is 4.74. The summed E-state index contributed by atoms with van der Waals surface area (Å²) < 4.78 is 13.2. The summed E-state index contributed by atoms with van der Waals surface area (Å²) in [6.45, 7) is 1.70. The van der Waals surface area contributed by atoms with Gasteiger partial charge in [-0.15, -0.1) is 11.6 Å². The van der Waals surface area contributed by atoms with E-state index in [0.717, 1.165) is 12.1 Å². The van der Waals surface area contributed by atoms with Crippen molar-refractivity contribution in [2.75, 3.05) is 0 Å². The number of rotatable bonds is 3. The molecule has 1 aromatic carbocycles. The summed E-state index contributed by atoms with van der Waals surface area (Å²) in [5, 5.41) is 10.4. The molecule has 0 spiro atoms. The highest BCUT2D eigenvalue weighted by Gasteiger charge is 2.18. The molecule has 1 unspecified atom stereocenters. The van der Waals surface area contributed by atoms with Crippen LogP contribution in [0.1, 0.15) is 12.5 Å². The predicted molar refractivity (Wildman–Crippen MR) is 59.8 cm³/mol. The van der Waals surface area contributed by atoms with E-state index >= 15 is 0 Å². The summed E-state index contributed by atoms with van der Waals surface area (Å²) in [5.41, 5.74) is 0.193. The number of hydrogen-bond acceptors (Lipinski definition) is 2. The van der Waals surface area contributed by atoms with Gasteiger partial charge in [0.1, 0.15) is 5.82 Å². The molecule has 0 saturated carbocycles. The molecule has 82 valence electrons. The lowest BCUT2D eigenvalue weighted by atomic mass is 10.1. The topological polar surface area (TPSA) is 43.1 Å². The number of nitrogens with zero attached hydrogens (tertiary/aromatic N) is 1. The quantitative estimate of drug-likeness (QED) is 0.485. The van der Waals surface area contributed by atoms with Crippen molar-refractivity contribution in [1.82, 2.24) is 0 Å². The summed E-state index contributed by atoms with van der Waals surface area (Å²) >= 11 is 8.63. The Bertz CT molecular complexity index is 398. The Balaban J connectivity index is 3.22. The van der Waals surface area contributed by atoms with Crippen LogP contribution in [-0.4, -0.2) is 10.3 Å². The van der Waals surface area contributed by atoms with Crippen molar-refractivity contribution in [3.8, 4) is 0 Å². The van der Waals surface area contributed by atoms with Gasteiger partial charge in [-0.2, -0.15) is 0 Å². The molecule has 0 amide bonds. The molecule has 0 saturated heterocycles. The van der Waals surface area contributed by atoms with Crippen molar-refractivity contribution < 1.29 is 9.31 Å². The molecule has 3 nitrogen and oxygen atoms in total. The Morgan fingerprint density at radius 1 is 1.67 bits per heavy atom. The van der Waals surface area contributed by atoms with Crippen molar-refractivity contribution in [1.29, 1.82) is 0 Å². The highest BCUT2D eigenvalue weighted by molar-refractivity contribution is 9.10. The monoisotopic (exact) mass is 295 g/mol. The van der Waals surface area contributed by atoms with Crippen molar-refractivity contribution >= 4 is 33.2 Å². The van der Waals surface area contributed by atoms with Crippen LogP contribution in [0.5, 0.6) is 0 Å². The molecule has 0 aliphatic heterocycles. The third-order valence-corrected chi connectivity index (χ3v) is 2.58. The predicted octanol–water partition coefficient (Wildman–Crippen LogP) is 3.67. The minimum absolute atomic E-state index is 0.0835. The SMILES string of the molecule is CC(Cl)Cc1cc(F)c(Br)cc1[N+](=O)[O-]. The third kappa shape index (κ3) is 3.14. The van der Waals surface area contributed by atoms with Gasteiger partial charge in [-0.05, 0) is 35.3 Å². The van der Waals surface area contributed by atoms with Crippen LogP contribution >= 0.6 is 27.5 Å². The molecular formula is C9H8BrClFNO2. The van der Waals surface area contributed by atoms with E-state index in [0.29, 0.717) is 5.56 Å². The Labute approximate surface area is 99.5 Å². The molecule has 0 fully saturated rings. The lowest BCUT2D eigenvalue weighted by Gasteiger charge is -2.05. The Morgan fingerprint density at radius 2 is 2.27 bits per heavy atom. The van der Waals surface area contributed by atoms with Crippen LogP contribution < -0.4 is 0 Å². The highest BCUT2D eigenvalue weighted by atomic mass is 79.9. The van der Waals surface area contributed by atoms with Crippen LogP contribution in [-0.2, 0) is 6.42 Å². The third-order valence-electron chi connectivity index (χ3n) is 1.82. The van der Waals surface area contributed by atoms with Gasteiger partial charge in [0.05, 0.1) is 9.40 Å². The summed E-state index contributed by atoms with van der Waals surface area (Å²) in [5.74, 6) is -0.520. The van der Waals surface area contributed by atoms with Gasteiger partial charge in [0.15, 0.2) is 0 Å². The minimum Gasteiger partial charge on any atom is -0.258 e. The molecular weight excluding hydrogens is 288 g/mol. The van der Waals surface area contributed by atoms with E-state index in [2.05, 4.69) is 15.9 Å². The molecule has 6 heteroatoms. The van der Waals surface area contributed by atoms with Gasteiger partial charge < -0.3 is 0 Å². The van der Waals surface area contributed by atoms with E-state index in [-0.39, 0.29) is 22.0 Å². The largest absolute Gasteiger partial charge is 0.273 e. The van der Waals surface area contributed by atoms with Crippen LogP contribution in [0.15, 0.2) is 16.6 Å². The number of alkyl halides is 1. The lowest BCUT2D eigenvalue weighted by molar-refractivity contribution is -0.385. The van der Waals surface area contributed by atoms with E-state index in [1.807, 2.05) is 0 Å². The lowest BCUT2D eigenvalue weighted by Crippen LogP contribution is -2.03. The van der Waals surface area contributed by atoms with Gasteiger partial charge in [0, 0.05) is 17.0 Å². The first-order valence-electron chi connectivity index (χ1n) is 4.18. The number of benzene rings is 1. The Hall–Kier alpha value is -0.680. The van der Waals surface area contributed by atoms with Crippen LogP contribution in [0, 0.1) is 15.9 Å². The molecule has 0 radical (unpaired) electrons. The molecule has 1 atom stereocenters. The van der Waals surface area contributed by atoms with E-state index < -0.39 is 10.7 Å². The van der Waals surface area contributed by atoms with Gasteiger partial charge in [-0.25, -0.2) is 4.39 Å². The molecule has 1 aromatic rings. The normalized spacial score (nSPS) is 12.5. The number of nitro groups is 1. The van der Waals surface area contributed by atoms with Crippen molar-refractivity contribution in [2.24, 2.45) is 0 Å². The van der Waals surface area contributed by atoms with Crippen LogP contribution in [0.25, 0.3) is 0 Å². The first-order valence-corrected chi connectivity index (χ1v) is 5.41. The maximum atomic E-state index is 13.2. The average Bonchev–Trinajstić information content (AvgIpc) is 2.09. The summed E-state index contributed by atoms with van der Waals surface area (Å²) in [7, 11) is 0. The zero-order valence-corrected chi connectivity index (χ0v) is 10.2. The van der Waals surface area contributed by atoms with Gasteiger partial charge in [0.2, 0.25) is 0 Å². The molecule has 0 aromatic heterocycles. The van der Waals surface area contributed by atoms with E-state index in [9.17, 15) is 14.5 Å². The van der Waals surface area contributed by atoms with E-state index in [4.69, 9.17) is 11.6 Å². The van der Waals surface area contributed by atoms with Gasteiger partial charge in [0.25, 0.3) is 5.69 Å². The van der Waals surface area contributed by atoms with E-state index in [1.54, 1.807) is 6.92 Å². The fourth-order valence-electron chi connectivity index (χ4n) is 1.21. The maximum Gasteiger partial charge on any atom is 0.273 e. The second kappa shape index (κ2) is 4.90. The summed E-state index contributed by atoms with van der Waals surface area (Å²) in [4.78, 5) is 10.1. The Morgan fingerprint density at radius 3 is 2.73 bits per heavy atom. The summed E-state index contributed by atoms with van der Waals surface area (Å²) in [6.07, 6.45) is 0.266. The van der Waals surface area contributed by atoms with Crippen LogP contribution in [0.3, 0.4) is 0 Å². The molecule has 15 heavy (non-hydrogen) atoms. The molecule has 0 aliphatic carbocycles. The minimum atomic E-state index is -0.543. The second-order valence-electron chi connectivity index (χ2n) is 3.14. The highest BCUT2D eigenvalue weighted by Crippen LogP contribution is 2.28. The smallest absolute Gasteiger partial charge is 0.258 e.